The highest BCUT2D eigenvalue weighted by Gasteiger charge is 2.20. The van der Waals surface area contributed by atoms with Crippen molar-refractivity contribution in [3.8, 4) is 28.9 Å². The number of furan rings is 1. The topological polar surface area (TPSA) is 61.3 Å². The van der Waals surface area contributed by atoms with E-state index in [0.717, 1.165) is 22.3 Å². The van der Waals surface area contributed by atoms with E-state index >= 15 is 0 Å². The zero-order valence-electron chi connectivity index (χ0n) is 13.0. The van der Waals surface area contributed by atoms with E-state index < -0.39 is 0 Å². The van der Waals surface area contributed by atoms with E-state index in [9.17, 15) is 0 Å². The lowest BCUT2D eigenvalue weighted by atomic mass is 10.1. The molecule has 0 fully saturated rings. The normalized spacial score (nSPS) is 11.1. The van der Waals surface area contributed by atoms with Crippen LogP contribution in [0.4, 0.5) is 0 Å². The van der Waals surface area contributed by atoms with Crippen molar-refractivity contribution < 1.29 is 13.6 Å². The Bertz CT molecular complexity index is 1020. The molecule has 0 atom stereocenters. The van der Waals surface area contributed by atoms with Gasteiger partial charge >= 0.3 is 0 Å². The lowest BCUT2D eigenvalue weighted by Gasteiger charge is -2.00. The lowest BCUT2D eigenvalue weighted by Crippen LogP contribution is -1.84. The summed E-state index contributed by atoms with van der Waals surface area (Å²) in [6.45, 7) is 1.94. The van der Waals surface area contributed by atoms with Gasteiger partial charge in [-0.2, -0.15) is 0 Å². The average molecular weight is 341 g/mol. The molecule has 0 aliphatic rings. The molecule has 2 heterocycles. The number of nitrogens with zero attached hydrogens (tertiary/aromatic N) is 2. The molecular weight excluding hydrogens is 328 g/mol. The monoisotopic (exact) mass is 340 g/mol. The van der Waals surface area contributed by atoms with Crippen LogP contribution >= 0.6 is 11.6 Å². The summed E-state index contributed by atoms with van der Waals surface area (Å²) in [6, 6.07) is 12.9. The fraction of sp³-hybridized carbons (Fsp3) is 0.111. The first kappa shape index (κ1) is 14.8. The van der Waals surface area contributed by atoms with E-state index in [-0.39, 0.29) is 0 Å². The lowest BCUT2D eigenvalue weighted by molar-refractivity contribution is 0.419. The van der Waals surface area contributed by atoms with Gasteiger partial charge in [0.25, 0.3) is 5.89 Å². The van der Waals surface area contributed by atoms with Crippen molar-refractivity contribution in [2.75, 3.05) is 7.11 Å². The van der Waals surface area contributed by atoms with Crippen LogP contribution in [0.3, 0.4) is 0 Å². The average Bonchev–Trinajstić information content (AvgIpc) is 3.20. The molecule has 6 heteroatoms. The fourth-order valence-electron chi connectivity index (χ4n) is 2.66. The molecular formula is C18H13ClN2O3. The second-order valence-electron chi connectivity index (χ2n) is 5.31. The second-order valence-corrected chi connectivity index (χ2v) is 5.75. The van der Waals surface area contributed by atoms with Gasteiger partial charge in [-0.1, -0.05) is 17.7 Å². The number of halogens is 1. The van der Waals surface area contributed by atoms with Crippen LogP contribution in [0, 0.1) is 6.92 Å². The van der Waals surface area contributed by atoms with Crippen LogP contribution in [-0.2, 0) is 0 Å². The molecule has 24 heavy (non-hydrogen) atoms. The van der Waals surface area contributed by atoms with Crippen LogP contribution in [0.5, 0.6) is 5.75 Å². The predicted molar refractivity (Wildman–Crippen MR) is 91.2 cm³/mol. The first-order valence-corrected chi connectivity index (χ1v) is 7.71. The number of ether oxygens (including phenoxy) is 1. The van der Waals surface area contributed by atoms with Crippen LogP contribution < -0.4 is 4.74 Å². The molecule has 4 aromatic rings. The van der Waals surface area contributed by atoms with Gasteiger partial charge in [-0.3, -0.25) is 0 Å². The number of methoxy groups -OCH3 is 1. The zero-order valence-corrected chi connectivity index (χ0v) is 13.8. The smallest absolute Gasteiger partial charge is 0.284 e. The molecule has 0 unspecified atom stereocenters. The molecule has 2 aromatic carbocycles. The van der Waals surface area contributed by atoms with E-state index in [1.165, 1.54) is 0 Å². The van der Waals surface area contributed by atoms with Crippen molar-refractivity contribution in [1.29, 1.82) is 0 Å². The van der Waals surface area contributed by atoms with Crippen molar-refractivity contribution in [3.63, 3.8) is 0 Å². The molecule has 120 valence electrons. The Kier molecular flexibility index (Phi) is 3.50. The third-order valence-electron chi connectivity index (χ3n) is 3.85. The van der Waals surface area contributed by atoms with Crippen molar-refractivity contribution in [3.05, 3.63) is 53.1 Å². The highest BCUT2D eigenvalue weighted by atomic mass is 35.5. The molecule has 0 radical (unpaired) electrons. The van der Waals surface area contributed by atoms with Gasteiger partial charge in [0, 0.05) is 16.1 Å². The zero-order chi connectivity index (χ0) is 16.7. The molecule has 0 saturated heterocycles. The van der Waals surface area contributed by atoms with Crippen molar-refractivity contribution in [2.45, 2.75) is 6.92 Å². The second kappa shape index (κ2) is 5.69. The number of aromatic nitrogens is 2. The van der Waals surface area contributed by atoms with Gasteiger partial charge in [-0.25, -0.2) is 0 Å². The molecule has 4 rings (SSSR count). The predicted octanol–water partition coefficient (Wildman–Crippen LogP) is 5.12. The summed E-state index contributed by atoms with van der Waals surface area (Å²) in [6.07, 6.45) is 0. The Hall–Kier alpha value is -2.79. The molecule has 0 bridgehead atoms. The number of aryl methyl sites for hydroxylation is 1. The molecule has 5 nitrogen and oxygen atoms in total. The first-order valence-electron chi connectivity index (χ1n) is 7.33. The number of fused-ring (bicyclic) bond motifs is 1. The molecule has 0 saturated carbocycles. The first-order chi connectivity index (χ1) is 11.7. The Labute approximate surface area is 142 Å². The van der Waals surface area contributed by atoms with E-state index in [0.29, 0.717) is 28.1 Å². The number of benzene rings is 2. The van der Waals surface area contributed by atoms with Crippen LogP contribution in [0.2, 0.25) is 5.02 Å². The molecule has 0 aliphatic heterocycles. The van der Waals surface area contributed by atoms with Crippen molar-refractivity contribution >= 4 is 22.6 Å². The maximum Gasteiger partial charge on any atom is 0.284 e. The van der Waals surface area contributed by atoms with E-state index in [1.54, 1.807) is 19.2 Å². The maximum absolute atomic E-state index is 5.90. The van der Waals surface area contributed by atoms with Crippen LogP contribution in [0.25, 0.3) is 34.1 Å². The summed E-state index contributed by atoms with van der Waals surface area (Å²) in [4.78, 5) is 0. The number of hydrogen-bond donors (Lipinski definition) is 0. The van der Waals surface area contributed by atoms with Crippen LogP contribution in [0.1, 0.15) is 5.56 Å². The minimum Gasteiger partial charge on any atom is -0.496 e. The largest absolute Gasteiger partial charge is 0.496 e. The van der Waals surface area contributed by atoms with Gasteiger partial charge < -0.3 is 13.6 Å². The molecule has 0 amide bonds. The van der Waals surface area contributed by atoms with Gasteiger partial charge in [-0.05, 0) is 43.3 Å². The van der Waals surface area contributed by atoms with E-state index in [4.69, 9.17) is 25.2 Å². The standard InChI is InChI=1S/C18H13ClN2O3/c1-10-15-13(22-2)4-3-5-14(15)23-16(10)18-21-20-17(24-18)11-6-8-12(19)9-7-11/h3-9H,1-2H3. The van der Waals surface area contributed by atoms with Gasteiger partial charge in [0.05, 0.1) is 12.5 Å². The Balaban J connectivity index is 1.81. The molecule has 0 aliphatic carbocycles. The quantitative estimate of drug-likeness (QED) is 0.518. The number of hydrogen-bond acceptors (Lipinski definition) is 5. The maximum atomic E-state index is 5.90. The highest BCUT2D eigenvalue weighted by Crippen LogP contribution is 2.38. The molecule has 0 N–H and O–H groups in total. The minimum atomic E-state index is 0.329. The molecule has 0 spiro atoms. The van der Waals surface area contributed by atoms with E-state index in [2.05, 4.69) is 10.2 Å². The summed E-state index contributed by atoms with van der Waals surface area (Å²) in [7, 11) is 1.63. The summed E-state index contributed by atoms with van der Waals surface area (Å²) in [5, 5.41) is 9.76. The minimum absolute atomic E-state index is 0.329. The Morgan fingerprint density at radius 3 is 2.46 bits per heavy atom. The Morgan fingerprint density at radius 2 is 1.71 bits per heavy atom. The third-order valence-corrected chi connectivity index (χ3v) is 4.10. The fourth-order valence-corrected chi connectivity index (χ4v) is 2.79. The van der Waals surface area contributed by atoms with Crippen molar-refractivity contribution in [1.82, 2.24) is 10.2 Å². The summed E-state index contributed by atoms with van der Waals surface area (Å²) in [5.41, 5.74) is 2.41. The van der Waals surface area contributed by atoms with Crippen LogP contribution in [-0.4, -0.2) is 17.3 Å². The Morgan fingerprint density at radius 1 is 0.958 bits per heavy atom. The van der Waals surface area contributed by atoms with Gasteiger partial charge in [0.15, 0.2) is 5.76 Å². The van der Waals surface area contributed by atoms with Gasteiger partial charge in [-0.15, -0.1) is 10.2 Å². The van der Waals surface area contributed by atoms with Crippen LogP contribution in [0.15, 0.2) is 51.3 Å². The molecule has 2 aromatic heterocycles. The van der Waals surface area contributed by atoms with Gasteiger partial charge in [0.1, 0.15) is 11.3 Å². The summed E-state index contributed by atoms with van der Waals surface area (Å²) >= 11 is 5.90. The summed E-state index contributed by atoms with van der Waals surface area (Å²) in [5.74, 6) is 2.03. The number of rotatable bonds is 3. The summed E-state index contributed by atoms with van der Waals surface area (Å²) < 4.78 is 17.1. The third kappa shape index (κ3) is 2.34. The highest BCUT2D eigenvalue weighted by molar-refractivity contribution is 6.30. The van der Waals surface area contributed by atoms with Crippen molar-refractivity contribution in [2.24, 2.45) is 0 Å². The van der Waals surface area contributed by atoms with E-state index in [1.807, 2.05) is 37.3 Å². The SMILES string of the molecule is COc1cccc2oc(-c3nnc(-c4ccc(Cl)cc4)o3)c(C)c12. The van der Waals surface area contributed by atoms with Gasteiger partial charge in [0.2, 0.25) is 5.89 Å².